The van der Waals surface area contributed by atoms with Gasteiger partial charge in [0.1, 0.15) is 24.2 Å². The number of aliphatic hydroxyl groups is 1. The number of rotatable bonds is 6. The van der Waals surface area contributed by atoms with Crippen LogP contribution < -0.4 is 9.64 Å². The van der Waals surface area contributed by atoms with Gasteiger partial charge in [0.25, 0.3) is 0 Å². The summed E-state index contributed by atoms with van der Waals surface area (Å²) < 4.78 is 7.49. The molecule has 0 radical (unpaired) electrons. The number of piperazine rings is 1. The van der Waals surface area contributed by atoms with Gasteiger partial charge in [-0.2, -0.15) is 10.4 Å². The van der Waals surface area contributed by atoms with Crippen molar-refractivity contribution in [1.29, 1.82) is 5.26 Å². The molecule has 8 heteroatoms. The van der Waals surface area contributed by atoms with Gasteiger partial charge in [-0.25, -0.2) is 9.50 Å². The second-order valence-electron chi connectivity index (χ2n) is 11.7. The second kappa shape index (κ2) is 9.37. The molecule has 3 aliphatic rings. The highest BCUT2D eigenvalue weighted by Gasteiger charge is 2.44. The lowest BCUT2D eigenvalue weighted by molar-refractivity contribution is 0.0125. The number of nitrogens with zero attached hydrogens (tertiary/aromatic N) is 6. The Bertz CT molecular complexity index is 1380. The minimum Gasteiger partial charge on any atom is -0.489 e. The molecule has 2 unspecified atom stereocenters. The van der Waals surface area contributed by atoms with Crippen LogP contribution in [0.3, 0.4) is 0 Å². The third-order valence-corrected chi connectivity index (χ3v) is 6.75. The predicted molar refractivity (Wildman–Crippen MR) is 143 cm³/mol. The van der Waals surface area contributed by atoms with Crippen LogP contribution in [-0.4, -0.2) is 68.5 Å². The van der Waals surface area contributed by atoms with Crippen LogP contribution in [0.15, 0.2) is 36.8 Å². The molecule has 6 rings (SSSR count). The van der Waals surface area contributed by atoms with E-state index in [9.17, 15) is 10.4 Å². The molecule has 3 saturated heterocycles. The van der Waals surface area contributed by atoms with E-state index in [0.717, 1.165) is 36.6 Å². The first-order valence-electron chi connectivity index (χ1n) is 12.7. The van der Waals surface area contributed by atoms with Gasteiger partial charge in [-0.3, -0.25) is 4.90 Å². The van der Waals surface area contributed by atoms with Crippen LogP contribution in [-0.2, 0) is 0 Å². The van der Waals surface area contributed by atoms with Crippen molar-refractivity contribution in [3.8, 4) is 34.8 Å². The van der Waals surface area contributed by atoms with Crippen LogP contribution in [0.25, 0.3) is 16.6 Å². The van der Waals surface area contributed by atoms with Crippen LogP contribution in [0, 0.1) is 28.6 Å². The van der Waals surface area contributed by atoms with Crippen LogP contribution in [0.1, 0.15) is 46.6 Å². The van der Waals surface area contributed by atoms with E-state index < -0.39 is 5.60 Å². The maximum absolute atomic E-state index is 10.1. The first-order valence-corrected chi connectivity index (χ1v) is 12.7. The molecule has 3 aromatic rings. The Morgan fingerprint density at radius 1 is 1.14 bits per heavy atom. The average molecular weight is 499 g/mol. The number of piperidine rings is 1. The fraction of sp³-hybridized carbons (Fsp3) is 0.483. The first-order chi connectivity index (χ1) is 17.5. The van der Waals surface area contributed by atoms with Crippen LogP contribution in [0.4, 0.5) is 5.82 Å². The van der Waals surface area contributed by atoms with Gasteiger partial charge in [-0.1, -0.05) is 11.8 Å². The molecule has 8 nitrogen and oxygen atoms in total. The van der Waals surface area contributed by atoms with E-state index in [1.54, 1.807) is 30.8 Å². The van der Waals surface area contributed by atoms with Crippen molar-refractivity contribution >= 4 is 11.3 Å². The number of pyridine rings is 2. The lowest BCUT2D eigenvalue weighted by Crippen LogP contribution is -2.68. The van der Waals surface area contributed by atoms with Gasteiger partial charge >= 0.3 is 0 Å². The van der Waals surface area contributed by atoms with Crippen LogP contribution in [0.2, 0.25) is 0 Å². The first kappa shape index (κ1) is 25.1. The molecule has 3 aromatic heterocycles. The number of nitriles is 1. The number of aromatic nitrogens is 3. The number of hydrogen-bond donors (Lipinski definition) is 1. The number of hydrogen-bond acceptors (Lipinski definition) is 7. The van der Waals surface area contributed by atoms with Crippen molar-refractivity contribution in [3.63, 3.8) is 0 Å². The molecule has 2 bridgehead atoms. The Labute approximate surface area is 218 Å². The Kier molecular flexibility index (Phi) is 6.35. The molecule has 0 saturated carbocycles. The highest BCUT2D eigenvalue weighted by atomic mass is 16.5. The molecular weight excluding hydrogens is 464 g/mol. The van der Waals surface area contributed by atoms with Gasteiger partial charge in [0.15, 0.2) is 0 Å². The summed E-state index contributed by atoms with van der Waals surface area (Å²) in [5, 5.41) is 24.0. The SMILES string of the molecule is CC(C)(C)C#CCN1C2CC1CN(c1ccc(-c3cc(OCC(C)(C)O)cn4ncc(C#N)c34)cn1)C2. The maximum atomic E-state index is 10.1. The van der Waals surface area contributed by atoms with Gasteiger partial charge in [-0.15, -0.1) is 0 Å². The van der Waals surface area contributed by atoms with Crippen molar-refractivity contribution in [3.05, 3.63) is 42.4 Å². The standard InChI is InChI=1S/C29H34N6O2/c1-28(2,3)9-6-10-34-22-11-23(34)17-33(16-22)26-8-7-20(14-31-26)25-12-24(37-19-29(4,5)36)18-35-27(25)21(13-30)15-32-35/h7-8,12,14-15,18,22-23,36H,10-11,16-17,19H2,1-5H3. The van der Waals surface area contributed by atoms with Crippen LogP contribution in [0.5, 0.6) is 5.75 Å². The zero-order valence-electron chi connectivity index (χ0n) is 22.2. The predicted octanol–water partition coefficient (Wildman–Crippen LogP) is 3.73. The zero-order valence-corrected chi connectivity index (χ0v) is 22.2. The van der Waals surface area contributed by atoms with E-state index in [-0.39, 0.29) is 12.0 Å². The summed E-state index contributed by atoms with van der Waals surface area (Å²) in [6.45, 7) is 12.7. The lowest BCUT2D eigenvalue weighted by Gasteiger charge is -2.56. The molecule has 2 atom stereocenters. The molecule has 192 valence electrons. The summed E-state index contributed by atoms with van der Waals surface area (Å²) in [4.78, 5) is 9.67. The summed E-state index contributed by atoms with van der Waals surface area (Å²) in [6.07, 6.45) is 6.35. The number of anilines is 1. The smallest absolute Gasteiger partial charge is 0.138 e. The summed E-state index contributed by atoms with van der Waals surface area (Å²) in [7, 11) is 0. The molecule has 3 aliphatic heterocycles. The van der Waals surface area contributed by atoms with E-state index >= 15 is 0 Å². The maximum Gasteiger partial charge on any atom is 0.138 e. The minimum atomic E-state index is -0.968. The fourth-order valence-corrected chi connectivity index (χ4v) is 5.00. The van der Waals surface area contributed by atoms with Crippen LogP contribution >= 0.6 is 0 Å². The Morgan fingerprint density at radius 2 is 1.89 bits per heavy atom. The monoisotopic (exact) mass is 498 g/mol. The van der Waals surface area contributed by atoms with Crippen molar-refractivity contribution in [2.45, 2.75) is 58.7 Å². The summed E-state index contributed by atoms with van der Waals surface area (Å²) in [5.41, 5.74) is 1.95. The van der Waals surface area contributed by atoms with Crippen molar-refractivity contribution in [2.24, 2.45) is 5.41 Å². The lowest BCUT2D eigenvalue weighted by atomic mass is 9.87. The van der Waals surface area contributed by atoms with E-state index in [2.05, 4.69) is 53.6 Å². The topological polar surface area (TPSA) is 89.9 Å². The third kappa shape index (κ3) is 5.41. The zero-order chi connectivity index (χ0) is 26.4. The Morgan fingerprint density at radius 3 is 2.51 bits per heavy atom. The van der Waals surface area contributed by atoms with Gasteiger partial charge in [-0.05, 0) is 59.2 Å². The molecule has 3 fully saturated rings. The Hall–Kier alpha value is -3.59. The molecular formula is C29H34N6O2. The highest BCUT2D eigenvalue weighted by molar-refractivity contribution is 5.85. The molecule has 0 aromatic carbocycles. The molecule has 6 heterocycles. The summed E-state index contributed by atoms with van der Waals surface area (Å²) in [5.74, 6) is 8.23. The molecule has 0 spiro atoms. The summed E-state index contributed by atoms with van der Waals surface area (Å²) >= 11 is 0. The molecule has 37 heavy (non-hydrogen) atoms. The Balaban J connectivity index is 1.35. The average Bonchev–Trinajstić information content (AvgIpc) is 3.27. The van der Waals surface area contributed by atoms with Gasteiger partial charge in [0, 0.05) is 47.9 Å². The number of fused-ring (bicyclic) bond motifs is 3. The van der Waals surface area contributed by atoms with E-state index in [4.69, 9.17) is 9.72 Å². The van der Waals surface area contributed by atoms with E-state index in [1.807, 2.05) is 24.4 Å². The quantitative estimate of drug-likeness (QED) is 0.518. The largest absolute Gasteiger partial charge is 0.489 e. The van der Waals surface area contributed by atoms with Crippen molar-refractivity contribution in [1.82, 2.24) is 19.5 Å². The minimum absolute atomic E-state index is 0.0370. The normalized spacial score (nSPS) is 19.6. The van der Waals surface area contributed by atoms with Crippen molar-refractivity contribution < 1.29 is 9.84 Å². The van der Waals surface area contributed by atoms with Gasteiger partial charge in [0.05, 0.1) is 35.6 Å². The number of ether oxygens (including phenoxy) is 1. The van der Waals surface area contributed by atoms with Gasteiger partial charge < -0.3 is 14.7 Å². The summed E-state index contributed by atoms with van der Waals surface area (Å²) in [6, 6.07) is 9.23. The van der Waals surface area contributed by atoms with E-state index in [0.29, 0.717) is 28.9 Å². The highest BCUT2D eigenvalue weighted by Crippen LogP contribution is 2.35. The van der Waals surface area contributed by atoms with E-state index in [1.165, 1.54) is 6.42 Å². The molecule has 1 N–H and O–H groups in total. The molecule has 0 aliphatic carbocycles. The second-order valence-corrected chi connectivity index (χ2v) is 11.7. The third-order valence-electron chi connectivity index (χ3n) is 6.75. The van der Waals surface area contributed by atoms with Gasteiger partial charge in [0.2, 0.25) is 0 Å². The van der Waals surface area contributed by atoms with Crippen molar-refractivity contribution in [2.75, 3.05) is 31.1 Å². The fourth-order valence-electron chi connectivity index (χ4n) is 5.00. The molecule has 0 amide bonds.